The first-order chi connectivity index (χ1) is 11.1. The normalized spacial score (nSPS) is 11.6. The van der Waals surface area contributed by atoms with E-state index in [9.17, 15) is 9.59 Å². The standard InChI is InChI=1S/C16H19N3O3S/c1-11(20)19-13(14-6-4-8-23-14)9-15(21)18-10-12-5-3-7-17-16(12)22-2/h3-8,13H,9-10H2,1-2H3,(H,18,21)(H,19,20)/t13-/m0/s1. The predicted octanol–water partition coefficient (Wildman–Crippen LogP) is 2.04. The van der Waals surface area contributed by atoms with E-state index in [4.69, 9.17) is 4.74 Å². The third-order valence-corrected chi connectivity index (χ3v) is 4.16. The first kappa shape index (κ1) is 17.0. The third kappa shape index (κ3) is 5.07. The van der Waals surface area contributed by atoms with Crippen LogP contribution in [0.2, 0.25) is 0 Å². The molecule has 0 radical (unpaired) electrons. The van der Waals surface area contributed by atoms with Crippen LogP contribution in [-0.4, -0.2) is 23.9 Å². The molecule has 0 aliphatic rings. The Bertz CT molecular complexity index is 658. The molecule has 2 heterocycles. The van der Waals surface area contributed by atoms with Gasteiger partial charge in [-0.1, -0.05) is 12.1 Å². The molecule has 0 spiro atoms. The molecule has 23 heavy (non-hydrogen) atoms. The molecule has 0 aliphatic heterocycles. The van der Waals surface area contributed by atoms with Gasteiger partial charge in [-0.05, 0) is 17.5 Å². The second-order valence-electron chi connectivity index (χ2n) is 4.92. The van der Waals surface area contributed by atoms with Gasteiger partial charge in [-0.2, -0.15) is 0 Å². The highest BCUT2D eigenvalue weighted by atomic mass is 32.1. The van der Waals surface area contributed by atoms with Crippen LogP contribution in [0.15, 0.2) is 35.8 Å². The molecule has 7 heteroatoms. The predicted molar refractivity (Wildman–Crippen MR) is 88.1 cm³/mol. The number of hydrogen-bond donors (Lipinski definition) is 2. The Labute approximate surface area is 138 Å². The van der Waals surface area contributed by atoms with Gasteiger partial charge in [-0.25, -0.2) is 4.98 Å². The minimum Gasteiger partial charge on any atom is -0.481 e. The number of carbonyl (C=O) groups excluding carboxylic acids is 2. The van der Waals surface area contributed by atoms with Crippen molar-refractivity contribution in [3.63, 3.8) is 0 Å². The molecule has 1 atom stereocenters. The van der Waals surface area contributed by atoms with Crippen molar-refractivity contribution in [1.82, 2.24) is 15.6 Å². The Hall–Kier alpha value is -2.41. The molecule has 0 unspecified atom stereocenters. The third-order valence-electron chi connectivity index (χ3n) is 3.17. The van der Waals surface area contributed by atoms with Gasteiger partial charge < -0.3 is 15.4 Å². The molecule has 2 amide bonds. The maximum absolute atomic E-state index is 12.2. The van der Waals surface area contributed by atoms with Crippen LogP contribution in [0.3, 0.4) is 0 Å². The second-order valence-corrected chi connectivity index (χ2v) is 5.90. The van der Waals surface area contributed by atoms with Crippen LogP contribution in [0.5, 0.6) is 5.88 Å². The summed E-state index contributed by atoms with van der Waals surface area (Å²) in [5.74, 6) is 0.178. The summed E-state index contributed by atoms with van der Waals surface area (Å²) in [6.07, 6.45) is 1.82. The average Bonchev–Trinajstić information content (AvgIpc) is 3.06. The second kappa shape index (κ2) is 8.28. The number of aromatic nitrogens is 1. The summed E-state index contributed by atoms with van der Waals surface area (Å²) in [4.78, 5) is 28.6. The molecule has 2 rings (SSSR count). The zero-order chi connectivity index (χ0) is 16.7. The summed E-state index contributed by atoms with van der Waals surface area (Å²) in [6.45, 7) is 1.77. The number of rotatable bonds is 7. The van der Waals surface area contributed by atoms with Gasteiger partial charge in [-0.3, -0.25) is 9.59 Å². The van der Waals surface area contributed by atoms with Gasteiger partial charge in [0.25, 0.3) is 0 Å². The lowest BCUT2D eigenvalue weighted by molar-refractivity contribution is -0.122. The van der Waals surface area contributed by atoms with Gasteiger partial charge in [-0.15, -0.1) is 11.3 Å². The van der Waals surface area contributed by atoms with E-state index in [2.05, 4.69) is 15.6 Å². The molecular weight excluding hydrogens is 314 g/mol. The summed E-state index contributed by atoms with van der Waals surface area (Å²) in [6, 6.07) is 7.12. The molecule has 122 valence electrons. The number of amides is 2. The van der Waals surface area contributed by atoms with Crippen molar-refractivity contribution in [2.75, 3.05) is 7.11 Å². The highest BCUT2D eigenvalue weighted by molar-refractivity contribution is 7.10. The van der Waals surface area contributed by atoms with Crippen molar-refractivity contribution in [2.45, 2.75) is 25.9 Å². The van der Waals surface area contributed by atoms with Crippen LogP contribution in [-0.2, 0) is 16.1 Å². The SMILES string of the molecule is COc1ncccc1CNC(=O)C[C@H](NC(C)=O)c1cccs1. The summed E-state index contributed by atoms with van der Waals surface area (Å²) in [7, 11) is 1.54. The van der Waals surface area contributed by atoms with Crippen LogP contribution >= 0.6 is 11.3 Å². The number of nitrogens with one attached hydrogen (secondary N) is 2. The molecule has 0 aromatic carbocycles. The Morgan fingerprint density at radius 3 is 2.83 bits per heavy atom. The number of carbonyl (C=O) groups is 2. The number of hydrogen-bond acceptors (Lipinski definition) is 5. The van der Waals surface area contributed by atoms with Gasteiger partial charge in [0.2, 0.25) is 17.7 Å². The van der Waals surface area contributed by atoms with Gasteiger partial charge in [0.05, 0.1) is 19.6 Å². The van der Waals surface area contributed by atoms with E-state index in [0.717, 1.165) is 10.4 Å². The van der Waals surface area contributed by atoms with E-state index in [0.29, 0.717) is 12.4 Å². The fourth-order valence-electron chi connectivity index (χ4n) is 2.15. The minimum atomic E-state index is -0.316. The van der Waals surface area contributed by atoms with Gasteiger partial charge >= 0.3 is 0 Å². The van der Waals surface area contributed by atoms with Crippen molar-refractivity contribution in [2.24, 2.45) is 0 Å². The smallest absolute Gasteiger partial charge is 0.222 e. The molecule has 2 N–H and O–H groups in total. The molecule has 0 bridgehead atoms. The number of pyridine rings is 1. The van der Waals surface area contributed by atoms with Crippen molar-refractivity contribution in [3.05, 3.63) is 46.3 Å². The van der Waals surface area contributed by atoms with Crippen LogP contribution in [0, 0.1) is 0 Å². The molecule has 2 aromatic rings. The van der Waals surface area contributed by atoms with Gasteiger partial charge in [0.1, 0.15) is 0 Å². The fourth-order valence-corrected chi connectivity index (χ4v) is 2.93. The van der Waals surface area contributed by atoms with E-state index in [-0.39, 0.29) is 24.3 Å². The average molecular weight is 333 g/mol. The first-order valence-electron chi connectivity index (χ1n) is 7.15. The highest BCUT2D eigenvalue weighted by Crippen LogP contribution is 2.22. The van der Waals surface area contributed by atoms with E-state index in [1.165, 1.54) is 25.4 Å². The Morgan fingerprint density at radius 2 is 2.17 bits per heavy atom. The van der Waals surface area contributed by atoms with Crippen LogP contribution < -0.4 is 15.4 Å². The lowest BCUT2D eigenvalue weighted by atomic mass is 10.1. The lowest BCUT2D eigenvalue weighted by Gasteiger charge is -2.16. The van der Waals surface area contributed by atoms with Crippen LogP contribution in [0.25, 0.3) is 0 Å². The molecular formula is C16H19N3O3S. The summed E-state index contributed by atoms with van der Waals surface area (Å²) < 4.78 is 5.15. The topological polar surface area (TPSA) is 80.3 Å². The molecule has 6 nitrogen and oxygen atoms in total. The van der Waals surface area contributed by atoms with Crippen molar-refractivity contribution in [3.8, 4) is 5.88 Å². The lowest BCUT2D eigenvalue weighted by Crippen LogP contribution is -2.32. The number of methoxy groups -OCH3 is 1. The minimum absolute atomic E-state index is 0.150. The molecule has 2 aromatic heterocycles. The Kier molecular flexibility index (Phi) is 6.10. The monoisotopic (exact) mass is 333 g/mol. The number of ether oxygens (including phenoxy) is 1. The van der Waals surface area contributed by atoms with E-state index in [1.54, 1.807) is 12.3 Å². The molecule has 0 saturated heterocycles. The van der Waals surface area contributed by atoms with Gasteiger partial charge in [0.15, 0.2) is 0 Å². The van der Waals surface area contributed by atoms with Crippen LogP contribution in [0.1, 0.15) is 29.8 Å². The van der Waals surface area contributed by atoms with E-state index >= 15 is 0 Å². The summed E-state index contributed by atoms with van der Waals surface area (Å²) in [5, 5.41) is 7.56. The summed E-state index contributed by atoms with van der Waals surface area (Å²) >= 11 is 1.51. The molecule has 0 aliphatic carbocycles. The number of nitrogens with zero attached hydrogens (tertiary/aromatic N) is 1. The van der Waals surface area contributed by atoms with Crippen molar-refractivity contribution >= 4 is 23.2 Å². The quantitative estimate of drug-likeness (QED) is 0.812. The van der Waals surface area contributed by atoms with Crippen molar-refractivity contribution in [1.29, 1.82) is 0 Å². The van der Waals surface area contributed by atoms with Gasteiger partial charge in [0, 0.05) is 30.1 Å². The molecule has 0 fully saturated rings. The number of thiophene rings is 1. The maximum atomic E-state index is 12.2. The molecule has 0 saturated carbocycles. The first-order valence-corrected chi connectivity index (χ1v) is 8.03. The zero-order valence-corrected chi connectivity index (χ0v) is 13.9. The largest absolute Gasteiger partial charge is 0.481 e. The van der Waals surface area contributed by atoms with Crippen LogP contribution in [0.4, 0.5) is 0 Å². The highest BCUT2D eigenvalue weighted by Gasteiger charge is 2.18. The Morgan fingerprint density at radius 1 is 1.35 bits per heavy atom. The van der Waals surface area contributed by atoms with E-state index < -0.39 is 0 Å². The maximum Gasteiger partial charge on any atom is 0.222 e. The fraction of sp³-hybridized carbons (Fsp3) is 0.312. The summed E-state index contributed by atoms with van der Waals surface area (Å²) in [5.41, 5.74) is 0.801. The zero-order valence-electron chi connectivity index (χ0n) is 13.0. The Balaban J connectivity index is 1.95. The van der Waals surface area contributed by atoms with E-state index in [1.807, 2.05) is 23.6 Å². The van der Waals surface area contributed by atoms with Crippen molar-refractivity contribution < 1.29 is 14.3 Å².